The molecule has 0 unspecified atom stereocenters. The van der Waals surface area contributed by atoms with Crippen LogP contribution in [0, 0.1) is 13.8 Å². The van der Waals surface area contributed by atoms with Crippen molar-refractivity contribution in [2.45, 2.75) is 20.0 Å². The zero-order chi connectivity index (χ0) is 29.6. The van der Waals surface area contributed by atoms with Crippen LogP contribution in [0.2, 0.25) is 0 Å². The standard InChI is InChI=1S/C30H22F3N3O5/c1-15-10-16(2)12-19(11-15)36-24-14-18(30(31,32)33)7-8-21(24)26(28(36)39)35-34-23-5-3-4-20(27(23)38)17-6-9-25(37)22(13-17)29(40)41/h3-14,37-39H,1-2H3,(H,40,41). The van der Waals surface area contributed by atoms with Gasteiger partial charge < -0.3 is 20.4 Å². The first-order valence-corrected chi connectivity index (χ1v) is 12.2. The number of para-hydroxylation sites is 1. The van der Waals surface area contributed by atoms with Crippen molar-refractivity contribution in [1.29, 1.82) is 0 Å². The molecule has 0 spiro atoms. The molecule has 0 fully saturated rings. The van der Waals surface area contributed by atoms with E-state index in [0.717, 1.165) is 23.3 Å². The minimum atomic E-state index is -4.62. The number of carboxylic acids is 1. The van der Waals surface area contributed by atoms with E-state index in [4.69, 9.17) is 0 Å². The molecule has 5 aromatic rings. The van der Waals surface area contributed by atoms with Crippen molar-refractivity contribution in [2.24, 2.45) is 10.2 Å². The fraction of sp³-hybridized carbons (Fsp3) is 0.100. The van der Waals surface area contributed by atoms with E-state index in [1.165, 1.54) is 47.0 Å². The van der Waals surface area contributed by atoms with Crippen molar-refractivity contribution < 1.29 is 38.4 Å². The lowest BCUT2D eigenvalue weighted by Crippen LogP contribution is -2.05. The number of phenolic OH excluding ortho intramolecular Hbond substituents is 1. The van der Waals surface area contributed by atoms with Gasteiger partial charge in [0.25, 0.3) is 0 Å². The summed E-state index contributed by atoms with van der Waals surface area (Å²) in [4.78, 5) is 11.4. The Bertz CT molecular complexity index is 1860. The first kappa shape index (κ1) is 27.3. The maximum absolute atomic E-state index is 13.6. The second kappa shape index (κ2) is 10.0. The smallest absolute Gasteiger partial charge is 0.416 e. The average Bonchev–Trinajstić information content (AvgIpc) is 3.17. The second-order valence-electron chi connectivity index (χ2n) is 9.49. The Morgan fingerprint density at radius 1 is 0.854 bits per heavy atom. The highest BCUT2D eigenvalue weighted by Gasteiger charge is 2.32. The van der Waals surface area contributed by atoms with Crippen LogP contribution in [0.5, 0.6) is 17.4 Å². The quantitative estimate of drug-likeness (QED) is 0.161. The van der Waals surface area contributed by atoms with Gasteiger partial charge in [0.1, 0.15) is 17.0 Å². The number of aromatic hydroxyl groups is 3. The van der Waals surface area contributed by atoms with E-state index in [-0.39, 0.29) is 44.7 Å². The van der Waals surface area contributed by atoms with Crippen LogP contribution in [-0.2, 0) is 6.18 Å². The number of azo groups is 1. The summed E-state index contributed by atoms with van der Waals surface area (Å²) in [6.07, 6.45) is -4.62. The van der Waals surface area contributed by atoms with Crippen LogP contribution < -0.4 is 0 Å². The van der Waals surface area contributed by atoms with Crippen LogP contribution >= 0.6 is 0 Å². The van der Waals surface area contributed by atoms with E-state index in [1.54, 1.807) is 12.1 Å². The monoisotopic (exact) mass is 561 g/mol. The molecule has 0 aliphatic carbocycles. The Kier molecular flexibility index (Phi) is 6.66. The van der Waals surface area contributed by atoms with Gasteiger partial charge in [-0.15, -0.1) is 10.2 Å². The highest BCUT2D eigenvalue weighted by atomic mass is 19.4. The van der Waals surface area contributed by atoms with Crippen LogP contribution in [-0.4, -0.2) is 31.0 Å². The molecule has 1 aromatic heterocycles. The number of rotatable bonds is 5. The van der Waals surface area contributed by atoms with Crippen molar-refractivity contribution in [3.8, 4) is 34.2 Å². The summed E-state index contributed by atoms with van der Waals surface area (Å²) in [7, 11) is 0. The van der Waals surface area contributed by atoms with E-state index >= 15 is 0 Å². The summed E-state index contributed by atoms with van der Waals surface area (Å²) < 4.78 is 42.0. The zero-order valence-corrected chi connectivity index (χ0v) is 21.6. The maximum Gasteiger partial charge on any atom is 0.416 e. The molecule has 208 valence electrons. The molecular weight excluding hydrogens is 539 g/mol. The number of hydrogen-bond acceptors (Lipinski definition) is 6. The Morgan fingerprint density at radius 2 is 1.56 bits per heavy atom. The van der Waals surface area contributed by atoms with Gasteiger partial charge in [-0.25, -0.2) is 4.79 Å². The first-order valence-electron chi connectivity index (χ1n) is 12.2. The average molecular weight is 562 g/mol. The largest absolute Gasteiger partial charge is 0.507 e. The summed E-state index contributed by atoms with van der Waals surface area (Å²) >= 11 is 0. The fourth-order valence-electron chi connectivity index (χ4n) is 4.70. The number of halogens is 3. The third-order valence-electron chi connectivity index (χ3n) is 6.52. The van der Waals surface area contributed by atoms with Crippen LogP contribution in [0.4, 0.5) is 24.5 Å². The molecule has 4 N–H and O–H groups in total. The molecule has 0 atom stereocenters. The molecule has 11 heteroatoms. The minimum Gasteiger partial charge on any atom is -0.507 e. The van der Waals surface area contributed by atoms with Crippen molar-refractivity contribution in [3.63, 3.8) is 0 Å². The highest BCUT2D eigenvalue weighted by molar-refractivity contribution is 5.97. The molecule has 5 rings (SSSR count). The number of carboxylic acid groups (broad SMARTS) is 1. The third-order valence-corrected chi connectivity index (χ3v) is 6.52. The lowest BCUT2D eigenvalue weighted by Gasteiger charge is -2.11. The normalized spacial score (nSPS) is 11.9. The molecule has 0 aliphatic heterocycles. The number of hydrogen-bond donors (Lipinski definition) is 4. The minimum absolute atomic E-state index is 0.0499. The zero-order valence-electron chi connectivity index (χ0n) is 21.6. The van der Waals surface area contributed by atoms with Crippen LogP contribution in [0.1, 0.15) is 27.0 Å². The molecule has 0 bridgehead atoms. The summed E-state index contributed by atoms with van der Waals surface area (Å²) in [5.74, 6) is -2.62. The lowest BCUT2D eigenvalue weighted by molar-refractivity contribution is -0.137. The van der Waals surface area contributed by atoms with Crippen molar-refractivity contribution in [2.75, 3.05) is 0 Å². The van der Waals surface area contributed by atoms with E-state index in [0.29, 0.717) is 5.69 Å². The molecule has 0 saturated carbocycles. The number of alkyl halides is 3. The number of aromatic nitrogens is 1. The summed E-state index contributed by atoms with van der Waals surface area (Å²) in [6.45, 7) is 3.65. The molecule has 1 heterocycles. The molecule has 0 amide bonds. The predicted molar refractivity (Wildman–Crippen MR) is 146 cm³/mol. The number of carbonyl (C=O) groups is 1. The van der Waals surface area contributed by atoms with E-state index in [1.807, 2.05) is 19.9 Å². The van der Waals surface area contributed by atoms with Gasteiger partial charge in [0, 0.05) is 16.6 Å². The Labute approximate surface area is 230 Å². The van der Waals surface area contributed by atoms with Gasteiger partial charge in [-0.2, -0.15) is 13.2 Å². The maximum atomic E-state index is 13.6. The lowest BCUT2D eigenvalue weighted by atomic mass is 10.0. The van der Waals surface area contributed by atoms with Crippen molar-refractivity contribution >= 4 is 28.2 Å². The summed E-state index contributed by atoms with van der Waals surface area (Å²) in [5.41, 5.74) is 1.19. The van der Waals surface area contributed by atoms with Gasteiger partial charge in [0.05, 0.1) is 11.1 Å². The van der Waals surface area contributed by atoms with Crippen LogP contribution in [0.25, 0.3) is 27.7 Å². The van der Waals surface area contributed by atoms with Gasteiger partial charge in [0.15, 0.2) is 11.4 Å². The number of fused-ring (bicyclic) bond motifs is 1. The Hall–Kier alpha value is -5.32. The number of benzene rings is 4. The first-order chi connectivity index (χ1) is 19.3. The predicted octanol–water partition coefficient (Wildman–Crippen LogP) is 8.16. The third kappa shape index (κ3) is 5.05. The number of aromatic carboxylic acids is 1. The van der Waals surface area contributed by atoms with Gasteiger partial charge in [0.2, 0.25) is 5.88 Å². The summed E-state index contributed by atoms with van der Waals surface area (Å²) in [5, 5.41) is 49.6. The topological polar surface area (TPSA) is 128 Å². The molecule has 8 nitrogen and oxygen atoms in total. The highest BCUT2D eigenvalue weighted by Crippen LogP contribution is 2.45. The molecule has 0 aliphatic rings. The molecule has 0 saturated heterocycles. The fourth-order valence-corrected chi connectivity index (χ4v) is 4.70. The number of aryl methyl sites for hydroxylation is 2. The molecule has 41 heavy (non-hydrogen) atoms. The number of nitrogens with zero attached hydrogens (tertiary/aromatic N) is 3. The molecular formula is C30H22F3N3O5. The van der Waals surface area contributed by atoms with Gasteiger partial charge >= 0.3 is 12.1 Å². The van der Waals surface area contributed by atoms with Crippen LogP contribution in [0.15, 0.2) is 83.0 Å². The Morgan fingerprint density at radius 3 is 2.22 bits per heavy atom. The van der Waals surface area contributed by atoms with Crippen LogP contribution in [0.3, 0.4) is 0 Å². The number of phenols is 2. The van der Waals surface area contributed by atoms with Gasteiger partial charge in [-0.3, -0.25) is 4.57 Å². The molecule has 0 radical (unpaired) electrons. The molecule has 4 aromatic carbocycles. The van der Waals surface area contributed by atoms with Gasteiger partial charge in [-0.1, -0.05) is 24.3 Å². The van der Waals surface area contributed by atoms with E-state index in [2.05, 4.69) is 10.2 Å². The second-order valence-corrected chi connectivity index (χ2v) is 9.49. The SMILES string of the molecule is Cc1cc(C)cc(-n2c(O)c(N=Nc3cccc(-c4ccc(O)c(C(=O)O)c4)c3O)c3ccc(C(F)(F)F)cc32)c1. The van der Waals surface area contributed by atoms with Crippen molar-refractivity contribution in [1.82, 2.24) is 4.57 Å². The van der Waals surface area contributed by atoms with Gasteiger partial charge in [-0.05, 0) is 79.1 Å². The Balaban J connectivity index is 1.66. The summed E-state index contributed by atoms with van der Waals surface area (Å²) in [6, 6.07) is 16.6. The van der Waals surface area contributed by atoms with Crippen molar-refractivity contribution in [3.05, 3.63) is 95.1 Å². The van der Waals surface area contributed by atoms with E-state index in [9.17, 15) is 38.4 Å². The van der Waals surface area contributed by atoms with E-state index < -0.39 is 29.3 Å².